The van der Waals surface area contributed by atoms with Crippen LogP contribution in [0.4, 0.5) is 5.69 Å². The molecule has 0 saturated carbocycles. The van der Waals surface area contributed by atoms with Gasteiger partial charge in [-0.1, -0.05) is 43.2 Å². The van der Waals surface area contributed by atoms with Crippen LogP contribution in [0.2, 0.25) is 0 Å². The second kappa shape index (κ2) is 8.96. The van der Waals surface area contributed by atoms with Gasteiger partial charge in [0.15, 0.2) is 6.10 Å². The predicted octanol–water partition coefficient (Wildman–Crippen LogP) is 4.58. The van der Waals surface area contributed by atoms with E-state index < -0.39 is 6.10 Å². The van der Waals surface area contributed by atoms with E-state index in [0.29, 0.717) is 23.8 Å². The second-order valence-electron chi connectivity index (χ2n) is 5.76. The normalized spacial score (nSPS) is 11.6. The Hall–Kier alpha value is -2.49. The van der Waals surface area contributed by atoms with Crippen molar-refractivity contribution in [3.63, 3.8) is 0 Å². The van der Waals surface area contributed by atoms with Crippen LogP contribution in [0.25, 0.3) is 0 Å². The van der Waals surface area contributed by atoms with Crippen LogP contribution in [-0.4, -0.2) is 18.6 Å². The van der Waals surface area contributed by atoms with E-state index in [1.807, 2.05) is 55.5 Å². The fourth-order valence-corrected chi connectivity index (χ4v) is 2.13. The Morgan fingerprint density at radius 3 is 2.54 bits per heavy atom. The minimum absolute atomic E-state index is 0.206. The van der Waals surface area contributed by atoms with Gasteiger partial charge in [0.25, 0.3) is 5.91 Å². The van der Waals surface area contributed by atoms with Crippen LogP contribution in [0, 0.1) is 6.92 Å². The van der Waals surface area contributed by atoms with E-state index in [-0.39, 0.29) is 5.91 Å². The van der Waals surface area contributed by atoms with E-state index in [1.165, 1.54) is 0 Å². The highest BCUT2D eigenvalue weighted by molar-refractivity contribution is 5.95. The number of para-hydroxylation sites is 2. The zero-order chi connectivity index (χ0) is 17.4. The maximum absolute atomic E-state index is 12.4. The average molecular weight is 327 g/mol. The highest BCUT2D eigenvalue weighted by Crippen LogP contribution is 2.24. The molecule has 0 aliphatic heterocycles. The van der Waals surface area contributed by atoms with Crippen molar-refractivity contribution in [1.82, 2.24) is 0 Å². The van der Waals surface area contributed by atoms with Crippen molar-refractivity contribution >= 4 is 11.6 Å². The highest BCUT2D eigenvalue weighted by Gasteiger charge is 2.16. The molecule has 1 atom stereocenters. The number of hydrogen-bond acceptors (Lipinski definition) is 3. The lowest BCUT2D eigenvalue weighted by molar-refractivity contribution is -0.122. The molecule has 0 aromatic heterocycles. The number of carbonyl (C=O) groups excluding carboxylic acids is 1. The minimum atomic E-state index is -0.601. The molecule has 1 unspecified atom stereocenters. The van der Waals surface area contributed by atoms with Crippen molar-refractivity contribution in [2.45, 2.75) is 39.7 Å². The van der Waals surface area contributed by atoms with Gasteiger partial charge in [-0.15, -0.1) is 0 Å². The summed E-state index contributed by atoms with van der Waals surface area (Å²) in [7, 11) is 0. The third kappa shape index (κ3) is 5.30. The molecule has 1 amide bonds. The first-order chi connectivity index (χ1) is 11.6. The molecule has 128 valence electrons. The van der Waals surface area contributed by atoms with E-state index in [0.717, 1.165) is 18.4 Å². The van der Waals surface area contributed by atoms with Crippen LogP contribution < -0.4 is 14.8 Å². The fraction of sp³-hybridized carbons (Fsp3) is 0.350. The Labute approximate surface area is 143 Å². The van der Waals surface area contributed by atoms with Crippen LogP contribution in [0.1, 0.15) is 32.3 Å². The van der Waals surface area contributed by atoms with Gasteiger partial charge < -0.3 is 14.8 Å². The van der Waals surface area contributed by atoms with Crippen LogP contribution in [-0.2, 0) is 4.79 Å². The first kappa shape index (κ1) is 17.9. The molecule has 24 heavy (non-hydrogen) atoms. The molecule has 0 fully saturated rings. The number of aryl methyl sites for hydroxylation is 1. The lowest BCUT2D eigenvalue weighted by atomic mass is 10.2. The molecule has 0 heterocycles. The Morgan fingerprint density at radius 1 is 1.12 bits per heavy atom. The molecule has 0 spiro atoms. The summed E-state index contributed by atoms with van der Waals surface area (Å²) in [4.78, 5) is 12.4. The molecule has 0 radical (unpaired) electrons. The number of unbranched alkanes of at least 4 members (excludes halogenated alkanes) is 1. The van der Waals surface area contributed by atoms with Crippen LogP contribution >= 0.6 is 0 Å². The summed E-state index contributed by atoms with van der Waals surface area (Å²) in [5, 5.41) is 2.88. The zero-order valence-corrected chi connectivity index (χ0v) is 14.5. The predicted molar refractivity (Wildman–Crippen MR) is 96.7 cm³/mol. The van der Waals surface area contributed by atoms with Gasteiger partial charge in [0.1, 0.15) is 11.5 Å². The third-order valence-electron chi connectivity index (χ3n) is 3.60. The summed E-state index contributed by atoms with van der Waals surface area (Å²) in [6.07, 6.45) is 1.45. The van der Waals surface area contributed by atoms with E-state index in [9.17, 15) is 4.79 Å². The smallest absolute Gasteiger partial charge is 0.265 e. The van der Waals surface area contributed by atoms with Gasteiger partial charge in [-0.3, -0.25) is 4.79 Å². The molecular formula is C20H25NO3. The number of rotatable bonds is 8. The quantitative estimate of drug-likeness (QED) is 0.722. The maximum Gasteiger partial charge on any atom is 0.265 e. The first-order valence-corrected chi connectivity index (χ1v) is 8.36. The van der Waals surface area contributed by atoms with Gasteiger partial charge in [0.05, 0.1) is 12.3 Å². The number of amides is 1. The average Bonchev–Trinajstić information content (AvgIpc) is 2.58. The lowest BCUT2D eigenvalue weighted by Crippen LogP contribution is -2.30. The molecular weight excluding hydrogens is 302 g/mol. The molecule has 2 rings (SSSR count). The van der Waals surface area contributed by atoms with Crippen molar-refractivity contribution in [2.24, 2.45) is 0 Å². The van der Waals surface area contributed by atoms with Crippen LogP contribution in [0.5, 0.6) is 11.5 Å². The van der Waals surface area contributed by atoms with Crippen LogP contribution in [0.15, 0.2) is 48.5 Å². The summed E-state index contributed by atoms with van der Waals surface area (Å²) in [6.45, 7) is 6.49. The summed E-state index contributed by atoms with van der Waals surface area (Å²) < 4.78 is 11.4. The third-order valence-corrected chi connectivity index (χ3v) is 3.60. The molecule has 4 nitrogen and oxygen atoms in total. The molecule has 0 aliphatic carbocycles. The van der Waals surface area contributed by atoms with Crippen molar-refractivity contribution in [1.29, 1.82) is 0 Å². The van der Waals surface area contributed by atoms with Gasteiger partial charge in [0.2, 0.25) is 0 Å². The summed E-state index contributed by atoms with van der Waals surface area (Å²) >= 11 is 0. The molecule has 1 N–H and O–H groups in total. The SMILES string of the molecule is CCCCOc1ccccc1NC(=O)C(C)Oc1ccc(C)cc1. The largest absolute Gasteiger partial charge is 0.491 e. The van der Waals surface area contributed by atoms with Gasteiger partial charge in [-0.2, -0.15) is 0 Å². The molecule has 2 aromatic carbocycles. The molecule has 0 bridgehead atoms. The van der Waals surface area contributed by atoms with E-state index >= 15 is 0 Å². The van der Waals surface area contributed by atoms with Crippen molar-refractivity contribution in [2.75, 3.05) is 11.9 Å². The fourth-order valence-electron chi connectivity index (χ4n) is 2.13. The highest BCUT2D eigenvalue weighted by atomic mass is 16.5. The number of nitrogens with one attached hydrogen (secondary N) is 1. The van der Waals surface area contributed by atoms with Gasteiger partial charge >= 0.3 is 0 Å². The number of carbonyl (C=O) groups is 1. The minimum Gasteiger partial charge on any atom is -0.491 e. The number of hydrogen-bond donors (Lipinski definition) is 1. The number of ether oxygens (including phenoxy) is 2. The first-order valence-electron chi connectivity index (χ1n) is 8.36. The Bertz CT molecular complexity index is 652. The number of benzene rings is 2. The van der Waals surface area contributed by atoms with Crippen LogP contribution in [0.3, 0.4) is 0 Å². The summed E-state index contributed by atoms with van der Waals surface area (Å²) in [6, 6.07) is 15.1. The number of anilines is 1. The van der Waals surface area contributed by atoms with Gasteiger partial charge in [-0.25, -0.2) is 0 Å². The lowest BCUT2D eigenvalue weighted by Gasteiger charge is -2.17. The van der Waals surface area contributed by atoms with E-state index in [1.54, 1.807) is 6.92 Å². The Kier molecular flexibility index (Phi) is 6.67. The molecule has 2 aromatic rings. The maximum atomic E-state index is 12.4. The van der Waals surface area contributed by atoms with Gasteiger partial charge in [-0.05, 0) is 44.5 Å². The van der Waals surface area contributed by atoms with Crippen molar-refractivity contribution in [3.05, 3.63) is 54.1 Å². The summed E-state index contributed by atoms with van der Waals surface area (Å²) in [5.74, 6) is 1.15. The topological polar surface area (TPSA) is 47.6 Å². The summed E-state index contributed by atoms with van der Waals surface area (Å²) in [5.41, 5.74) is 1.82. The standard InChI is InChI=1S/C20H25NO3/c1-4-5-14-23-19-9-7-6-8-18(19)21-20(22)16(3)24-17-12-10-15(2)11-13-17/h6-13,16H,4-5,14H2,1-3H3,(H,21,22). The Balaban J connectivity index is 1.96. The van der Waals surface area contributed by atoms with Crippen molar-refractivity contribution < 1.29 is 14.3 Å². The van der Waals surface area contributed by atoms with E-state index in [2.05, 4.69) is 12.2 Å². The molecule has 4 heteroatoms. The Morgan fingerprint density at radius 2 is 1.83 bits per heavy atom. The monoisotopic (exact) mass is 327 g/mol. The van der Waals surface area contributed by atoms with Gasteiger partial charge in [0, 0.05) is 0 Å². The second-order valence-corrected chi connectivity index (χ2v) is 5.76. The molecule has 0 saturated heterocycles. The van der Waals surface area contributed by atoms with E-state index in [4.69, 9.17) is 9.47 Å². The van der Waals surface area contributed by atoms with Crippen molar-refractivity contribution in [3.8, 4) is 11.5 Å². The molecule has 0 aliphatic rings. The zero-order valence-electron chi connectivity index (χ0n) is 14.5.